The summed E-state index contributed by atoms with van der Waals surface area (Å²) in [6.07, 6.45) is 33.7. The standard InChI is InChI=1S/C64H124O17P2/c1-54(2)40-32-24-16-11-9-10-12-20-30-38-46-63(68)80-59(50-75-62(67)45-37-29-21-15-18-26-34-42-56(5)6)52-78-82(70,71)76-48-58(65)49-77-83(72,73)79-53-60(81-64(69)47-39-31-23-22-27-35-43-57(7)8)51-74-61(66)44-36-28-19-14-13-17-25-33-41-55(3)4/h54-60,65H,9-53H2,1-8H3,(H,70,71)(H,72,73)/t58?,59-,60-/m1/s1. The summed E-state index contributed by atoms with van der Waals surface area (Å²) in [5, 5.41) is 10.5. The minimum Gasteiger partial charge on any atom is -0.462 e. The van der Waals surface area contributed by atoms with Gasteiger partial charge in [0.15, 0.2) is 12.2 Å². The molecule has 0 fully saturated rings. The lowest BCUT2D eigenvalue weighted by Gasteiger charge is -2.21. The Morgan fingerprint density at radius 1 is 0.301 bits per heavy atom. The van der Waals surface area contributed by atoms with Gasteiger partial charge in [0.05, 0.1) is 26.4 Å². The second kappa shape index (κ2) is 54.2. The Balaban J connectivity index is 5.24. The summed E-state index contributed by atoms with van der Waals surface area (Å²) in [5.74, 6) is 0.709. The number of hydrogen-bond acceptors (Lipinski definition) is 15. The smallest absolute Gasteiger partial charge is 0.462 e. The van der Waals surface area contributed by atoms with Crippen LogP contribution in [0.2, 0.25) is 0 Å². The van der Waals surface area contributed by atoms with Crippen LogP contribution >= 0.6 is 15.6 Å². The van der Waals surface area contributed by atoms with Crippen LogP contribution in [0.4, 0.5) is 0 Å². The number of carbonyl (C=O) groups is 4. The molecule has 0 saturated carbocycles. The van der Waals surface area contributed by atoms with Gasteiger partial charge in [0.25, 0.3) is 0 Å². The summed E-state index contributed by atoms with van der Waals surface area (Å²) in [4.78, 5) is 72.2. The number of ether oxygens (including phenoxy) is 4. The Hall–Kier alpha value is -1.94. The zero-order valence-corrected chi connectivity index (χ0v) is 55.6. The topological polar surface area (TPSA) is 237 Å². The summed E-state index contributed by atoms with van der Waals surface area (Å²) in [6, 6.07) is 0. The molecule has 0 amide bonds. The van der Waals surface area contributed by atoms with E-state index in [-0.39, 0.29) is 25.7 Å². The van der Waals surface area contributed by atoms with Gasteiger partial charge in [-0.15, -0.1) is 0 Å². The van der Waals surface area contributed by atoms with E-state index in [9.17, 15) is 43.2 Å². The van der Waals surface area contributed by atoms with E-state index in [1.54, 1.807) is 0 Å². The van der Waals surface area contributed by atoms with Crippen molar-refractivity contribution in [3.63, 3.8) is 0 Å². The van der Waals surface area contributed by atoms with Gasteiger partial charge in [0, 0.05) is 25.7 Å². The summed E-state index contributed by atoms with van der Waals surface area (Å²) in [7, 11) is -9.89. The fraction of sp³-hybridized carbons (Fsp3) is 0.938. The first-order valence-corrected chi connectivity index (χ1v) is 36.2. The Morgan fingerprint density at radius 3 is 0.747 bits per heavy atom. The SMILES string of the molecule is CC(C)CCCCCCCCCCCCC(=O)O[C@H](COC(=O)CCCCCCCCCC(C)C)COP(=O)(O)OCC(O)COP(=O)(O)OC[C@@H](COC(=O)CCCCCCCCCCC(C)C)OC(=O)CCCCCCCCC(C)C. The van der Waals surface area contributed by atoms with E-state index < -0.39 is 97.5 Å². The largest absolute Gasteiger partial charge is 0.472 e. The summed E-state index contributed by atoms with van der Waals surface area (Å²) in [6.45, 7) is 13.9. The predicted octanol–water partition coefficient (Wildman–Crippen LogP) is 17.4. The first-order valence-electron chi connectivity index (χ1n) is 33.2. The lowest BCUT2D eigenvalue weighted by molar-refractivity contribution is -0.161. The van der Waals surface area contributed by atoms with Crippen LogP contribution in [0.25, 0.3) is 0 Å². The van der Waals surface area contributed by atoms with E-state index in [0.717, 1.165) is 108 Å². The maximum absolute atomic E-state index is 13.0. The number of unbranched alkanes of at least 4 members (excludes halogenated alkanes) is 27. The van der Waals surface area contributed by atoms with Crippen LogP contribution in [-0.4, -0.2) is 96.7 Å². The van der Waals surface area contributed by atoms with Crippen molar-refractivity contribution in [1.82, 2.24) is 0 Å². The molecule has 0 radical (unpaired) electrons. The van der Waals surface area contributed by atoms with E-state index in [1.165, 1.54) is 103 Å². The third-order valence-corrected chi connectivity index (χ3v) is 16.5. The Labute approximate surface area is 505 Å². The fourth-order valence-corrected chi connectivity index (χ4v) is 11.0. The Morgan fingerprint density at radius 2 is 0.506 bits per heavy atom. The zero-order valence-electron chi connectivity index (χ0n) is 53.8. The molecule has 3 N–H and O–H groups in total. The Kier molecular flexibility index (Phi) is 53.0. The molecule has 0 aliphatic rings. The van der Waals surface area contributed by atoms with Gasteiger partial charge in [-0.2, -0.15) is 0 Å². The second-order valence-electron chi connectivity index (χ2n) is 25.1. The monoisotopic (exact) mass is 1230 g/mol. The van der Waals surface area contributed by atoms with Crippen LogP contribution in [0.5, 0.6) is 0 Å². The van der Waals surface area contributed by atoms with E-state index in [4.69, 9.17) is 37.0 Å². The van der Waals surface area contributed by atoms with Crippen LogP contribution in [0.15, 0.2) is 0 Å². The van der Waals surface area contributed by atoms with Crippen molar-refractivity contribution < 1.29 is 80.2 Å². The molecule has 0 aromatic rings. The fourth-order valence-electron chi connectivity index (χ4n) is 9.43. The highest BCUT2D eigenvalue weighted by Crippen LogP contribution is 2.45. The first kappa shape index (κ1) is 81.1. The lowest BCUT2D eigenvalue weighted by atomic mass is 10.0. The number of aliphatic hydroxyl groups is 1. The molecule has 5 atom stereocenters. The number of carbonyl (C=O) groups excluding carboxylic acids is 4. The zero-order chi connectivity index (χ0) is 61.8. The van der Waals surface area contributed by atoms with Crippen LogP contribution in [0.3, 0.4) is 0 Å². The average Bonchev–Trinajstić information content (AvgIpc) is 3.44. The molecule has 0 heterocycles. The third-order valence-electron chi connectivity index (χ3n) is 14.6. The van der Waals surface area contributed by atoms with Crippen LogP contribution in [-0.2, 0) is 65.4 Å². The lowest BCUT2D eigenvalue weighted by Crippen LogP contribution is -2.30. The van der Waals surface area contributed by atoms with Gasteiger partial charge in [0.1, 0.15) is 19.3 Å². The van der Waals surface area contributed by atoms with Gasteiger partial charge < -0.3 is 33.8 Å². The highest BCUT2D eigenvalue weighted by molar-refractivity contribution is 7.47. The van der Waals surface area contributed by atoms with Crippen molar-refractivity contribution in [3.05, 3.63) is 0 Å². The van der Waals surface area contributed by atoms with E-state index in [0.29, 0.717) is 37.5 Å². The van der Waals surface area contributed by atoms with Crippen LogP contribution in [0, 0.1) is 23.7 Å². The van der Waals surface area contributed by atoms with Crippen molar-refractivity contribution in [2.24, 2.45) is 23.7 Å². The number of phosphoric acid groups is 2. The molecule has 0 bridgehead atoms. The molecule has 0 rings (SSSR count). The maximum atomic E-state index is 13.0. The van der Waals surface area contributed by atoms with Gasteiger partial charge in [0.2, 0.25) is 0 Å². The van der Waals surface area contributed by atoms with Crippen molar-refractivity contribution in [2.45, 2.75) is 324 Å². The second-order valence-corrected chi connectivity index (χ2v) is 28.0. The highest BCUT2D eigenvalue weighted by Gasteiger charge is 2.30. The molecule has 0 aliphatic carbocycles. The number of hydrogen-bond donors (Lipinski definition) is 3. The van der Waals surface area contributed by atoms with Gasteiger partial charge in [-0.05, 0) is 49.4 Å². The molecule has 83 heavy (non-hydrogen) atoms. The van der Waals surface area contributed by atoms with Crippen molar-refractivity contribution in [1.29, 1.82) is 0 Å². The van der Waals surface area contributed by atoms with Gasteiger partial charge >= 0.3 is 39.5 Å². The summed E-state index contributed by atoms with van der Waals surface area (Å²) >= 11 is 0. The molecule has 0 aliphatic heterocycles. The van der Waals surface area contributed by atoms with Crippen molar-refractivity contribution >= 4 is 39.5 Å². The number of aliphatic hydroxyl groups excluding tert-OH is 1. The van der Waals surface area contributed by atoms with Gasteiger partial charge in [-0.25, -0.2) is 9.13 Å². The van der Waals surface area contributed by atoms with Gasteiger partial charge in [-0.1, -0.05) is 254 Å². The molecular weight excluding hydrogens is 1100 g/mol. The van der Waals surface area contributed by atoms with Gasteiger partial charge in [-0.3, -0.25) is 37.3 Å². The molecule has 0 aromatic heterocycles. The normalized spacial score (nSPS) is 14.4. The first-order chi connectivity index (χ1) is 39.6. The van der Waals surface area contributed by atoms with Crippen molar-refractivity contribution in [2.75, 3.05) is 39.6 Å². The minimum atomic E-state index is -4.95. The average molecular weight is 1230 g/mol. The Bertz CT molecular complexity index is 1660. The van der Waals surface area contributed by atoms with E-state index in [1.807, 2.05) is 0 Å². The molecular formula is C64H124O17P2. The summed E-state index contributed by atoms with van der Waals surface area (Å²) in [5.41, 5.74) is 0. The molecule has 0 spiro atoms. The molecule has 3 unspecified atom stereocenters. The third kappa shape index (κ3) is 58.8. The minimum absolute atomic E-state index is 0.101. The quantitative estimate of drug-likeness (QED) is 0.0222. The molecule has 17 nitrogen and oxygen atoms in total. The number of rotatable bonds is 61. The highest BCUT2D eigenvalue weighted by atomic mass is 31.2. The van der Waals surface area contributed by atoms with E-state index in [2.05, 4.69) is 55.4 Å². The molecule has 492 valence electrons. The number of phosphoric ester groups is 2. The summed E-state index contributed by atoms with van der Waals surface area (Å²) < 4.78 is 68.0. The van der Waals surface area contributed by atoms with Crippen LogP contribution in [0.1, 0.15) is 306 Å². The number of esters is 4. The molecule has 0 saturated heterocycles. The predicted molar refractivity (Wildman–Crippen MR) is 331 cm³/mol. The van der Waals surface area contributed by atoms with E-state index >= 15 is 0 Å². The van der Waals surface area contributed by atoms with Crippen molar-refractivity contribution in [3.8, 4) is 0 Å². The van der Waals surface area contributed by atoms with Crippen LogP contribution < -0.4 is 0 Å². The molecule has 19 heteroatoms. The molecule has 0 aromatic carbocycles. The maximum Gasteiger partial charge on any atom is 0.472 e.